The van der Waals surface area contributed by atoms with Crippen molar-refractivity contribution < 1.29 is 0 Å². The molecule has 0 saturated heterocycles. The highest BCUT2D eigenvalue weighted by molar-refractivity contribution is 5.82. The summed E-state index contributed by atoms with van der Waals surface area (Å²) in [6.07, 6.45) is 2.33. The van der Waals surface area contributed by atoms with E-state index in [9.17, 15) is 0 Å². The maximum Gasteiger partial charge on any atom is 0.0965 e. The zero-order valence-corrected chi connectivity index (χ0v) is 7.22. The van der Waals surface area contributed by atoms with Crippen molar-refractivity contribution >= 4 is 5.84 Å². The minimum atomic E-state index is 0.463. The molecule has 0 aliphatic rings. The first-order valence-electron chi connectivity index (χ1n) is 4.02. The van der Waals surface area contributed by atoms with Crippen molar-refractivity contribution in [2.75, 3.05) is 6.54 Å². The molecule has 60 valence electrons. The SMILES string of the molecule is CCC[C@@H](C)C(N)=NCC. The van der Waals surface area contributed by atoms with Crippen LogP contribution in [0.15, 0.2) is 4.99 Å². The Morgan fingerprint density at radius 1 is 1.50 bits per heavy atom. The molecule has 0 amide bonds. The lowest BCUT2D eigenvalue weighted by atomic mass is 10.1. The summed E-state index contributed by atoms with van der Waals surface area (Å²) >= 11 is 0. The molecule has 0 rings (SSSR count). The highest BCUT2D eigenvalue weighted by Crippen LogP contribution is 2.04. The van der Waals surface area contributed by atoms with Gasteiger partial charge in [0.25, 0.3) is 0 Å². The van der Waals surface area contributed by atoms with Crippen LogP contribution in [-0.4, -0.2) is 12.4 Å². The fourth-order valence-electron chi connectivity index (χ4n) is 0.919. The third-order valence-corrected chi connectivity index (χ3v) is 1.57. The quantitative estimate of drug-likeness (QED) is 0.471. The molecule has 0 fully saturated rings. The second-order valence-electron chi connectivity index (χ2n) is 2.59. The average Bonchev–Trinajstić information content (AvgIpc) is 1.89. The summed E-state index contributed by atoms with van der Waals surface area (Å²) in [6.45, 7) is 7.10. The lowest BCUT2D eigenvalue weighted by Gasteiger charge is -2.07. The van der Waals surface area contributed by atoms with E-state index in [-0.39, 0.29) is 0 Å². The zero-order valence-electron chi connectivity index (χ0n) is 7.22. The first-order valence-corrected chi connectivity index (χ1v) is 4.02. The van der Waals surface area contributed by atoms with Crippen LogP contribution in [0.4, 0.5) is 0 Å². The van der Waals surface area contributed by atoms with E-state index in [1.165, 1.54) is 6.42 Å². The van der Waals surface area contributed by atoms with Gasteiger partial charge in [-0.2, -0.15) is 0 Å². The van der Waals surface area contributed by atoms with E-state index in [2.05, 4.69) is 18.8 Å². The van der Waals surface area contributed by atoms with E-state index in [1.807, 2.05) is 6.92 Å². The molecule has 2 heteroatoms. The van der Waals surface area contributed by atoms with Gasteiger partial charge < -0.3 is 5.73 Å². The van der Waals surface area contributed by atoms with Crippen molar-refractivity contribution in [3.63, 3.8) is 0 Å². The number of hydrogen-bond donors (Lipinski definition) is 1. The van der Waals surface area contributed by atoms with Crippen LogP contribution in [0.2, 0.25) is 0 Å². The number of rotatable bonds is 4. The summed E-state index contributed by atoms with van der Waals surface area (Å²) in [5.74, 6) is 1.27. The van der Waals surface area contributed by atoms with Crippen molar-refractivity contribution in [3.8, 4) is 0 Å². The molecule has 0 unspecified atom stereocenters. The van der Waals surface area contributed by atoms with Crippen LogP contribution >= 0.6 is 0 Å². The van der Waals surface area contributed by atoms with E-state index >= 15 is 0 Å². The van der Waals surface area contributed by atoms with Crippen molar-refractivity contribution in [1.29, 1.82) is 0 Å². The molecule has 0 aliphatic heterocycles. The molecule has 0 aliphatic carbocycles. The predicted octanol–water partition coefficient (Wildman–Crippen LogP) is 1.80. The summed E-state index contributed by atoms with van der Waals surface area (Å²) in [5.41, 5.74) is 5.66. The molecule has 2 nitrogen and oxygen atoms in total. The van der Waals surface area contributed by atoms with E-state index in [0.717, 1.165) is 18.8 Å². The van der Waals surface area contributed by atoms with Crippen molar-refractivity contribution in [3.05, 3.63) is 0 Å². The van der Waals surface area contributed by atoms with Crippen LogP contribution in [0.25, 0.3) is 0 Å². The molecular weight excluding hydrogens is 124 g/mol. The van der Waals surface area contributed by atoms with Gasteiger partial charge in [-0.05, 0) is 13.3 Å². The molecule has 0 heterocycles. The fourth-order valence-corrected chi connectivity index (χ4v) is 0.919. The van der Waals surface area contributed by atoms with Gasteiger partial charge in [0.2, 0.25) is 0 Å². The molecular formula is C8H18N2. The Morgan fingerprint density at radius 2 is 2.10 bits per heavy atom. The molecule has 2 N–H and O–H groups in total. The molecule has 0 spiro atoms. The number of amidine groups is 1. The number of aliphatic imine (C=N–C) groups is 1. The highest BCUT2D eigenvalue weighted by Gasteiger charge is 2.03. The van der Waals surface area contributed by atoms with Crippen molar-refractivity contribution in [2.24, 2.45) is 16.6 Å². The van der Waals surface area contributed by atoms with Crippen LogP contribution < -0.4 is 5.73 Å². The summed E-state index contributed by atoms with van der Waals surface area (Å²) in [5, 5.41) is 0. The Hall–Kier alpha value is -0.530. The molecule has 1 atom stereocenters. The minimum absolute atomic E-state index is 0.463. The van der Waals surface area contributed by atoms with Gasteiger partial charge in [0, 0.05) is 12.5 Å². The summed E-state index contributed by atoms with van der Waals surface area (Å²) < 4.78 is 0. The molecule has 10 heavy (non-hydrogen) atoms. The molecule has 0 saturated carbocycles. The van der Waals surface area contributed by atoms with Crippen molar-refractivity contribution in [1.82, 2.24) is 0 Å². The second kappa shape index (κ2) is 5.27. The van der Waals surface area contributed by atoms with Crippen LogP contribution in [0.1, 0.15) is 33.6 Å². The topological polar surface area (TPSA) is 38.4 Å². The Kier molecular flexibility index (Phi) is 4.99. The van der Waals surface area contributed by atoms with E-state index in [1.54, 1.807) is 0 Å². The zero-order chi connectivity index (χ0) is 7.98. The van der Waals surface area contributed by atoms with Crippen LogP contribution in [0.3, 0.4) is 0 Å². The monoisotopic (exact) mass is 142 g/mol. The number of nitrogens with two attached hydrogens (primary N) is 1. The first kappa shape index (κ1) is 9.47. The van der Waals surface area contributed by atoms with Gasteiger partial charge in [-0.1, -0.05) is 20.3 Å². The van der Waals surface area contributed by atoms with Gasteiger partial charge >= 0.3 is 0 Å². The van der Waals surface area contributed by atoms with Crippen LogP contribution in [0, 0.1) is 5.92 Å². The van der Waals surface area contributed by atoms with Gasteiger partial charge in [0.15, 0.2) is 0 Å². The van der Waals surface area contributed by atoms with E-state index in [4.69, 9.17) is 5.73 Å². The highest BCUT2D eigenvalue weighted by atomic mass is 14.8. The van der Waals surface area contributed by atoms with E-state index < -0.39 is 0 Å². The Balaban J connectivity index is 3.69. The molecule has 0 aromatic heterocycles. The first-order chi connectivity index (χ1) is 4.72. The second-order valence-corrected chi connectivity index (χ2v) is 2.59. The summed E-state index contributed by atoms with van der Waals surface area (Å²) in [7, 11) is 0. The lowest BCUT2D eigenvalue weighted by Crippen LogP contribution is -2.21. The largest absolute Gasteiger partial charge is 0.387 e. The number of nitrogens with zero attached hydrogens (tertiary/aromatic N) is 1. The Labute approximate surface area is 63.5 Å². The van der Waals surface area contributed by atoms with Crippen LogP contribution in [0.5, 0.6) is 0 Å². The summed E-state index contributed by atoms with van der Waals surface area (Å²) in [4.78, 5) is 4.14. The fraction of sp³-hybridized carbons (Fsp3) is 0.875. The maximum absolute atomic E-state index is 5.66. The van der Waals surface area contributed by atoms with Crippen LogP contribution in [-0.2, 0) is 0 Å². The van der Waals surface area contributed by atoms with E-state index in [0.29, 0.717) is 5.92 Å². The summed E-state index contributed by atoms with van der Waals surface area (Å²) in [6, 6.07) is 0. The predicted molar refractivity (Wildman–Crippen MR) is 46.2 cm³/mol. The van der Waals surface area contributed by atoms with Gasteiger partial charge in [-0.25, -0.2) is 0 Å². The van der Waals surface area contributed by atoms with Gasteiger partial charge in [-0.3, -0.25) is 4.99 Å². The average molecular weight is 142 g/mol. The Morgan fingerprint density at radius 3 is 2.50 bits per heavy atom. The molecule has 0 bridgehead atoms. The number of hydrogen-bond acceptors (Lipinski definition) is 1. The standard InChI is InChI=1S/C8H18N2/c1-4-6-7(3)8(9)10-5-2/h7H,4-6H2,1-3H3,(H2,9,10)/t7-/m1/s1. The normalized spacial score (nSPS) is 15.3. The minimum Gasteiger partial charge on any atom is -0.387 e. The smallest absolute Gasteiger partial charge is 0.0965 e. The maximum atomic E-state index is 5.66. The van der Waals surface area contributed by atoms with Gasteiger partial charge in [-0.15, -0.1) is 0 Å². The Bertz CT molecular complexity index is 108. The third-order valence-electron chi connectivity index (χ3n) is 1.57. The third kappa shape index (κ3) is 3.49. The van der Waals surface area contributed by atoms with Gasteiger partial charge in [0.1, 0.15) is 0 Å². The molecule has 0 aromatic carbocycles. The lowest BCUT2D eigenvalue weighted by molar-refractivity contribution is 0.659. The molecule has 0 aromatic rings. The van der Waals surface area contributed by atoms with Gasteiger partial charge in [0.05, 0.1) is 5.84 Å². The molecule has 0 radical (unpaired) electrons. The van der Waals surface area contributed by atoms with Crippen molar-refractivity contribution in [2.45, 2.75) is 33.6 Å².